The Morgan fingerprint density at radius 1 is 0.348 bits per heavy atom. The highest BCUT2D eigenvalue weighted by atomic mass is 16.5. The monoisotopic (exact) mass is 585 g/mol. The number of aromatic nitrogens is 1. The van der Waals surface area contributed by atoms with Crippen molar-refractivity contribution in [1.82, 2.24) is 4.57 Å². The van der Waals surface area contributed by atoms with Crippen molar-refractivity contribution >= 4 is 43.4 Å². The number of hydrogen-bond donors (Lipinski definition) is 0. The molecule has 2 heteroatoms. The smallest absolute Gasteiger partial charge is 0.135 e. The summed E-state index contributed by atoms with van der Waals surface area (Å²) in [6.07, 6.45) is 0. The minimum absolute atomic E-state index is 0.907. The third-order valence-corrected chi connectivity index (χ3v) is 9.58. The summed E-state index contributed by atoms with van der Waals surface area (Å²) in [4.78, 5) is 0. The molecule has 214 valence electrons. The molecule has 10 rings (SSSR count). The second-order valence-electron chi connectivity index (χ2n) is 12.1. The van der Waals surface area contributed by atoms with Crippen LogP contribution in [0.25, 0.3) is 82.4 Å². The lowest BCUT2D eigenvalue weighted by Gasteiger charge is -2.23. The summed E-state index contributed by atoms with van der Waals surface area (Å²) in [5.41, 5.74) is 10.8. The van der Waals surface area contributed by atoms with Gasteiger partial charge < -0.3 is 9.30 Å². The van der Waals surface area contributed by atoms with E-state index in [-0.39, 0.29) is 0 Å². The Kier molecular flexibility index (Phi) is 5.31. The SMILES string of the molecule is c1ccc(-n2c3cc4ccccc4cc3c3c(-c4ccccc4-c4ccc5c6c(cccc46)-c4ccccc4O5)cccc32)cc1. The molecule has 0 aliphatic carbocycles. The predicted octanol–water partition coefficient (Wildman–Crippen LogP) is 12.2. The number of rotatable bonds is 3. The number of para-hydroxylation sites is 2. The van der Waals surface area contributed by atoms with Crippen LogP contribution in [0.3, 0.4) is 0 Å². The summed E-state index contributed by atoms with van der Waals surface area (Å²) >= 11 is 0. The number of fused-ring (bicyclic) bond motifs is 6. The van der Waals surface area contributed by atoms with Crippen LogP contribution in [0.1, 0.15) is 0 Å². The Hall–Kier alpha value is -6.12. The van der Waals surface area contributed by atoms with E-state index < -0.39 is 0 Å². The Morgan fingerprint density at radius 3 is 1.80 bits per heavy atom. The fourth-order valence-electron chi connectivity index (χ4n) is 7.60. The summed E-state index contributed by atoms with van der Waals surface area (Å²) in [6.45, 7) is 0. The zero-order valence-corrected chi connectivity index (χ0v) is 24.9. The molecule has 0 saturated carbocycles. The molecule has 2 heterocycles. The number of nitrogens with zero attached hydrogens (tertiary/aromatic N) is 1. The molecule has 2 nitrogen and oxygen atoms in total. The van der Waals surface area contributed by atoms with Gasteiger partial charge in [0.2, 0.25) is 0 Å². The van der Waals surface area contributed by atoms with Gasteiger partial charge in [0.25, 0.3) is 0 Å². The predicted molar refractivity (Wildman–Crippen MR) is 192 cm³/mol. The Balaban J connectivity index is 1.28. The van der Waals surface area contributed by atoms with Crippen LogP contribution in [0, 0.1) is 0 Å². The van der Waals surface area contributed by atoms with Crippen molar-refractivity contribution in [3.63, 3.8) is 0 Å². The van der Waals surface area contributed by atoms with Crippen molar-refractivity contribution in [2.75, 3.05) is 0 Å². The van der Waals surface area contributed by atoms with Gasteiger partial charge in [-0.1, -0.05) is 121 Å². The van der Waals surface area contributed by atoms with Crippen LogP contribution in [-0.2, 0) is 0 Å². The zero-order chi connectivity index (χ0) is 30.2. The lowest BCUT2D eigenvalue weighted by Crippen LogP contribution is -1.98. The third kappa shape index (κ3) is 3.59. The lowest BCUT2D eigenvalue weighted by atomic mass is 9.87. The highest BCUT2D eigenvalue weighted by Gasteiger charge is 2.23. The topological polar surface area (TPSA) is 14.2 Å². The van der Waals surface area contributed by atoms with Gasteiger partial charge in [-0.15, -0.1) is 0 Å². The van der Waals surface area contributed by atoms with E-state index in [0.29, 0.717) is 0 Å². The van der Waals surface area contributed by atoms with Gasteiger partial charge in [-0.2, -0.15) is 0 Å². The van der Waals surface area contributed by atoms with Crippen molar-refractivity contribution in [2.24, 2.45) is 0 Å². The van der Waals surface area contributed by atoms with E-state index in [1.807, 2.05) is 6.07 Å². The van der Waals surface area contributed by atoms with Gasteiger partial charge in [-0.3, -0.25) is 0 Å². The van der Waals surface area contributed by atoms with Gasteiger partial charge in [-0.05, 0) is 86.4 Å². The van der Waals surface area contributed by atoms with E-state index in [2.05, 4.69) is 162 Å². The summed E-state index contributed by atoms with van der Waals surface area (Å²) in [6, 6.07) is 59.0. The van der Waals surface area contributed by atoms with E-state index in [0.717, 1.165) is 22.7 Å². The second-order valence-corrected chi connectivity index (χ2v) is 12.1. The van der Waals surface area contributed by atoms with Gasteiger partial charge in [0.15, 0.2) is 0 Å². The fraction of sp³-hybridized carbons (Fsp3) is 0. The molecular weight excluding hydrogens is 558 g/mol. The normalized spacial score (nSPS) is 12.1. The van der Waals surface area contributed by atoms with Gasteiger partial charge in [-0.25, -0.2) is 0 Å². The minimum Gasteiger partial charge on any atom is -0.456 e. The standard InChI is InChI=1S/C44H27NO/c1-2-14-30(15-3-1)45-39-22-11-21-35(43(39)38-26-28-12-4-5-13-29(28)27-40(38)45)32-17-7-6-16-31(32)33-24-25-42-44-36(33)19-10-20-37(44)34-18-8-9-23-41(34)46-42/h1-27H. The lowest BCUT2D eigenvalue weighted by molar-refractivity contribution is 0.487. The molecule has 8 aromatic carbocycles. The van der Waals surface area contributed by atoms with Crippen LogP contribution in [0.15, 0.2) is 164 Å². The Bertz CT molecular complexity index is 2660. The van der Waals surface area contributed by atoms with Crippen LogP contribution < -0.4 is 4.74 Å². The molecular formula is C44H27NO. The number of hydrogen-bond acceptors (Lipinski definition) is 1. The maximum atomic E-state index is 6.44. The molecule has 0 fully saturated rings. The summed E-state index contributed by atoms with van der Waals surface area (Å²) in [5.74, 6) is 1.81. The van der Waals surface area contributed by atoms with Crippen molar-refractivity contribution < 1.29 is 4.74 Å². The van der Waals surface area contributed by atoms with E-state index >= 15 is 0 Å². The maximum absolute atomic E-state index is 6.44. The molecule has 0 amide bonds. The Labute approximate surface area is 266 Å². The molecule has 0 radical (unpaired) electrons. The molecule has 1 aliphatic rings. The molecule has 1 aromatic heterocycles. The average molecular weight is 586 g/mol. The highest BCUT2D eigenvalue weighted by molar-refractivity contribution is 6.20. The van der Waals surface area contributed by atoms with Crippen LogP contribution in [0.4, 0.5) is 0 Å². The molecule has 0 N–H and O–H groups in total. The molecule has 46 heavy (non-hydrogen) atoms. The largest absolute Gasteiger partial charge is 0.456 e. The van der Waals surface area contributed by atoms with Gasteiger partial charge >= 0.3 is 0 Å². The van der Waals surface area contributed by atoms with E-state index in [1.165, 1.54) is 71.2 Å². The molecule has 9 aromatic rings. The molecule has 0 atom stereocenters. The zero-order valence-electron chi connectivity index (χ0n) is 24.9. The third-order valence-electron chi connectivity index (χ3n) is 9.58. The van der Waals surface area contributed by atoms with Crippen LogP contribution in [-0.4, -0.2) is 4.57 Å². The quantitative estimate of drug-likeness (QED) is 0.201. The molecule has 0 unspecified atom stereocenters. The molecule has 0 saturated heterocycles. The first-order chi connectivity index (χ1) is 22.8. The van der Waals surface area contributed by atoms with Crippen molar-refractivity contribution in [3.05, 3.63) is 164 Å². The van der Waals surface area contributed by atoms with Crippen molar-refractivity contribution in [3.8, 4) is 50.6 Å². The highest BCUT2D eigenvalue weighted by Crippen LogP contribution is 2.50. The van der Waals surface area contributed by atoms with Crippen LogP contribution >= 0.6 is 0 Å². The van der Waals surface area contributed by atoms with E-state index in [9.17, 15) is 0 Å². The molecule has 1 aliphatic heterocycles. The van der Waals surface area contributed by atoms with Crippen LogP contribution in [0.5, 0.6) is 11.5 Å². The average Bonchev–Trinajstić information content (AvgIpc) is 3.44. The van der Waals surface area contributed by atoms with Gasteiger partial charge in [0.1, 0.15) is 11.5 Å². The number of benzene rings is 8. The van der Waals surface area contributed by atoms with Gasteiger partial charge in [0, 0.05) is 27.4 Å². The summed E-state index contributed by atoms with van der Waals surface area (Å²) < 4.78 is 8.86. The van der Waals surface area contributed by atoms with Crippen LogP contribution in [0.2, 0.25) is 0 Å². The summed E-state index contributed by atoms with van der Waals surface area (Å²) in [7, 11) is 0. The number of ether oxygens (including phenoxy) is 1. The van der Waals surface area contributed by atoms with E-state index in [4.69, 9.17) is 4.74 Å². The first-order valence-corrected chi connectivity index (χ1v) is 15.8. The summed E-state index contributed by atoms with van der Waals surface area (Å²) in [5, 5.41) is 7.36. The van der Waals surface area contributed by atoms with Gasteiger partial charge in [0.05, 0.1) is 11.0 Å². The maximum Gasteiger partial charge on any atom is 0.135 e. The minimum atomic E-state index is 0.907. The van der Waals surface area contributed by atoms with Crippen molar-refractivity contribution in [2.45, 2.75) is 0 Å². The molecule has 0 spiro atoms. The van der Waals surface area contributed by atoms with Crippen molar-refractivity contribution in [1.29, 1.82) is 0 Å². The van der Waals surface area contributed by atoms with E-state index in [1.54, 1.807) is 0 Å². The molecule has 0 bridgehead atoms. The Morgan fingerprint density at radius 2 is 0.978 bits per heavy atom. The fourth-order valence-corrected chi connectivity index (χ4v) is 7.60. The first-order valence-electron chi connectivity index (χ1n) is 15.8. The second kappa shape index (κ2) is 9.69. The first kappa shape index (κ1) is 25.2.